The van der Waals surface area contributed by atoms with Crippen LogP contribution >= 0.6 is 11.6 Å². The van der Waals surface area contributed by atoms with Crippen molar-refractivity contribution in [2.24, 2.45) is 4.40 Å². The van der Waals surface area contributed by atoms with E-state index in [1.165, 1.54) is 0 Å². The van der Waals surface area contributed by atoms with Crippen molar-refractivity contribution in [3.63, 3.8) is 0 Å². The molecular weight excluding hydrogens is 217 g/mol. The van der Waals surface area contributed by atoms with Crippen molar-refractivity contribution >= 4 is 26.8 Å². The molecule has 0 aromatic heterocycles. The maximum absolute atomic E-state index is 12.7. The van der Waals surface area contributed by atoms with Crippen molar-refractivity contribution in [2.75, 3.05) is 0 Å². The highest BCUT2D eigenvalue weighted by molar-refractivity contribution is 7.91. The van der Waals surface area contributed by atoms with Gasteiger partial charge in [-0.1, -0.05) is 11.6 Å². The fraction of sp³-hybridized carbons (Fsp3) is 0. The Morgan fingerprint density at radius 3 is 2.77 bits per heavy atom. The van der Waals surface area contributed by atoms with Crippen LogP contribution in [-0.4, -0.2) is 13.6 Å². The Balaban J connectivity index is 2.82. The quantitative estimate of drug-likeness (QED) is 0.664. The first-order chi connectivity index (χ1) is 6.00. The van der Waals surface area contributed by atoms with Gasteiger partial charge in [0, 0.05) is 5.56 Å². The molecule has 13 heavy (non-hydrogen) atoms. The van der Waals surface area contributed by atoms with E-state index in [-0.39, 0.29) is 15.6 Å². The highest BCUT2D eigenvalue weighted by Gasteiger charge is 2.27. The van der Waals surface area contributed by atoms with Crippen LogP contribution in [0.3, 0.4) is 0 Å². The zero-order chi connectivity index (χ0) is 9.64. The predicted octanol–water partition coefficient (Wildman–Crippen LogP) is 1.51. The molecule has 1 aromatic carbocycles. The molecule has 0 N–H and O–H groups in total. The standard InChI is InChI=1S/C7H3ClFNO2S/c8-7-5-3-4(9)1-2-6(5)13(11,12)10-7/h1-3H. The number of sulfonamides is 1. The zero-order valence-electron chi connectivity index (χ0n) is 6.16. The molecule has 0 atom stereocenters. The molecule has 0 saturated carbocycles. The van der Waals surface area contributed by atoms with Crippen LogP contribution in [0.25, 0.3) is 0 Å². The van der Waals surface area contributed by atoms with E-state index >= 15 is 0 Å². The fourth-order valence-electron chi connectivity index (χ4n) is 1.09. The summed E-state index contributed by atoms with van der Waals surface area (Å²) in [5.74, 6) is -0.538. The molecule has 1 heterocycles. The molecule has 0 spiro atoms. The van der Waals surface area contributed by atoms with Crippen LogP contribution in [-0.2, 0) is 10.0 Å². The van der Waals surface area contributed by atoms with Gasteiger partial charge in [-0.15, -0.1) is 4.40 Å². The van der Waals surface area contributed by atoms with E-state index in [0.29, 0.717) is 0 Å². The van der Waals surface area contributed by atoms with Gasteiger partial charge in [0.2, 0.25) is 0 Å². The number of halogens is 2. The van der Waals surface area contributed by atoms with Gasteiger partial charge in [0.15, 0.2) is 5.17 Å². The second-order valence-corrected chi connectivity index (χ2v) is 4.43. The summed E-state index contributed by atoms with van der Waals surface area (Å²) in [5.41, 5.74) is 0.127. The third kappa shape index (κ3) is 1.24. The Morgan fingerprint density at radius 1 is 1.38 bits per heavy atom. The average molecular weight is 220 g/mol. The molecule has 0 fully saturated rings. The number of fused-ring (bicyclic) bond motifs is 1. The molecule has 1 aliphatic rings. The van der Waals surface area contributed by atoms with E-state index in [1.54, 1.807) is 0 Å². The highest BCUT2D eigenvalue weighted by atomic mass is 35.5. The van der Waals surface area contributed by atoms with Crippen molar-refractivity contribution in [3.05, 3.63) is 29.6 Å². The molecule has 2 rings (SSSR count). The van der Waals surface area contributed by atoms with Gasteiger partial charge in [-0.3, -0.25) is 0 Å². The Kier molecular flexibility index (Phi) is 1.68. The van der Waals surface area contributed by atoms with E-state index in [4.69, 9.17) is 11.6 Å². The maximum Gasteiger partial charge on any atom is 0.284 e. The van der Waals surface area contributed by atoms with Crippen LogP contribution < -0.4 is 0 Å². The summed E-state index contributed by atoms with van der Waals surface area (Å²) in [6, 6.07) is 3.26. The number of nitrogens with zero attached hydrogens (tertiary/aromatic N) is 1. The molecule has 1 aliphatic heterocycles. The lowest BCUT2D eigenvalue weighted by Gasteiger charge is -1.95. The van der Waals surface area contributed by atoms with E-state index in [2.05, 4.69) is 4.40 Å². The fourth-order valence-corrected chi connectivity index (χ4v) is 2.66. The molecule has 0 unspecified atom stereocenters. The lowest BCUT2D eigenvalue weighted by atomic mass is 10.2. The molecule has 6 heteroatoms. The monoisotopic (exact) mass is 219 g/mol. The first-order valence-electron chi connectivity index (χ1n) is 3.31. The van der Waals surface area contributed by atoms with Gasteiger partial charge < -0.3 is 0 Å². The third-order valence-corrected chi connectivity index (χ3v) is 3.37. The van der Waals surface area contributed by atoms with Crippen molar-refractivity contribution in [1.29, 1.82) is 0 Å². The van der Waals surface area contributed by atoms with Crippen LogP contribution in [0.1, 0.15) is 5.56 Å². The summed E-state index contributed by atoms with van der Waals surface area (Å²) < 4.78 is 38.3. The summed E-state index contributed by atoms with van der Waals surface area (Å²) in [5, 5.41) is -0.186. The van der Waals surface area contributed by atoms with Crippen molar-refractivity contribution < 1.29 is 12.8 Å². The minimum atomic E-state index is -3.68. The van der Waals surface area contributed by atoms with Gasteiger partial charge in [0.1, 0.15) is 5.82 Å². The number of rotatable bonds is 0. The van der Waals surface area contributed by atoms with Crippen molar-refractivity contribution in [3.8, 4) is 0 Å². The lowest BCUT2D eigenvalue weighted by molar-refractivity contribution is 0.598. The van der Waals surface area contributed by atoms with E-state index in [9.17, 15) is 12.8 Å². The summed E-state index contributed by atoms with van der Waals surface area (Å²) in [6.45, 7) is 0. The van der Waals surface area contributed by atoms with Crippen molar-refractivity contribution in [1.82, 2.24) is 0 Å². The molecule has 0 saturated heterocycles. The van der Waals surface area contributed by atoms with Crippen LogP contribution in [0.15, 0.2) is 27.5 Å². The molecule has 0 bridgehead atoms. The normalized spacial score (nSPS) is 18.2. The zero-order valence-corrected chi connectivity index (χ0v) is 7.73. The smallest absolute Gasteiger partial charge is 0.207 e. The van der Waals surface area contributed by atoms with Crippen LogP contribution in [0.4, 0.5) is 4.39 Å². The summed E-state index contributed by atoms with van der Waals surface area (Å²) in [7, 11) is -3.68. The van der Waals surface area contributed by atoms with E-state index in [0.717, 1.165) is 18.2 Å². The Morgan fingerprint density at radius 2 is 2.08 bits per heavy atom. The maximum atomic E-state index is 12.7. The second-order valence-electron chi connectivity index (χ2n) is 2.50. The van der Waals surface area contributed by atoms with Crippen LogP contribution in [0.2, 0.25) is 0 Å². The SMILES string of the molecule is O=S1(=O)N=C(Cl)c2cc(F)ccc21. The average Bonchev–Trinajstić information content (AvgIpc) is 2.22. The van der Waals surface area contributed by atoms with E-state index in [1.807, 2.05) is 0 Å². The minimum Gasteiger partial charge on any atom is -0.207 e. The Hall–Kier alpha value is -0.940. The van der Waals surface area contributed by atoms with Gasteiger partial charge in [0.05, 0.1) is 4.90 Å². The van der Waals surface area contributed by atoms with Gasteiger partial charge in [-0.25, -0.2) is 4.39 Å². The number of benzene rings is 1. The van der Waals surface area contributed by atoms with Crippen molar-refractivity contribution in [2.45, 2.75) is 4.90 Å². The molecule has 68 valence electrons. The van der Waals surface area contributed by atoms with E-state index < -0.39 is 15.8 Å². The number of hydrogen-bond acceptors (Lipinski definition) is 2. The lowest BCUT2D eigenvalue weighted by Crippen LogP contribution is -1.94. The third-order valence-electron chi connectivity index (χ3n) is 1.64. The molecule has 0 radical (unpaired) electrons. The molecule has 0 aliphatic carbocycles. The van der Waals surface area contributed by atoms with Gasteiger partial charge in [-0.2, -0.15) is 8.42 Å². The molecule has 1 aromatic rings. The van der Waals surface area contributed by atoms with Gasteiger partial charge in [0.25, 0.3) is 10.0 Å². The van der Waals surface area contributed by atoms with Crippen LogP contribution in [0, 0.1) is 5.82 Å². The molecular formula is C7H3ClFNO2S. The molecule has 0 amide bonds. The largest absolute Gasteiger partial charge is 0.284 e. The van der Waals surface area contributed by atoms with Crippen LogP contribution in [0.5, 0.6) is 0 Å². The first kappa shape index (κ1) is 8.65. The molecule has 3 nitrogen and oxygen atoms in total. The predicted molar refractivity (Wildman–Crippen MR) is 46.0 cm³/mol. The summed E-state index contributed by atoms with van der Waals surface area (Å²) in [6.07, 6.45) is 0. The van der Waals surface area contributed by atoms with Gasteiger partial charge >= 0.3 is 0 Å². The Labute approximate surface area is 78.9 Å². The summed E-state index contributed by atoms with van der Waals surface area (Å²) in [4.78, 5) is -0.0427. The topological polar surface area (TPSA) is 46.5 Å². The second kappa shape index (κ2) is 2.52. The minimum absolute atomic E-state index is 0.0427. The Bertz CT molecular complexity index is 509. The highest BCUT2D eigenvalue weighted by Crippen LogP contribution is 2.27. The van der Waals surface area contributed by atoms with Gasteiger partial charge in [-0.05, 0) is 18.2 Å². The first-order valence-corrected chi connectivity index (χ1v) is 5.13. The number of hydrogen-bond donors (Lipinski definition) is 0. The summed E-state index contributed by atoms with van der Waals surface area (Å²) >= 11 is 5.50.